The van der Waals surface area contributed by atoms with Crippen molar-refractivity contribution in [3.05, 3.63) is 112 Å². The maximum Gasteiger partial charge on any atom is 0.534 e. The summed E-state index contributed by atoms with van der Waals surface area (Å²) in [5.41, 5.74) is -12.9. The Morgan fingerprint density at radius 3 is 1.71 bits per heavy atom. The first-order valence-electron chi connectivity index (χ1n) is 14.1. The van der Waals surface area contributed by atoms with Crippen molar-refractivity contribution in [3.63, 3.8) is 0 Å². The number of fused-ring (bicyclic) bond motifs is 1. The Morgan fingerprint density at radius 1 is 0.647 bits per heavy atom. The highest BCUT2D eigenvalue weighted by atomic mass is 32.2. The van der Waals surface area contributed by atoms with Gasteiger partial charge in [0.05, 0.1) is 7.11 Å². The first-order chi connectivity index (χ1) is 23.9. The highest BCUT2D eigenvalue weighted by molar-refractivity contribution is 7.88. The summed E-state index contributed by atoms with van der Waals surface area (Å²) in [7, 11) is -12.1. The zero-order chi connectivity index (χ0) is 37.2. The number of methoxy groups -OCH3 is 1. The van der Waals surface area contributed by atoms with Gasteiger partial charge in [-0.2, -0.15) is 43.2 Å². The molecule has 0 spiro atoms. The summed E-state index contributed by atoms with van der Waals surface area (Å²) in [6.45, 7) is 0.122. The molecule has 0 aliphatic carbocycles. The fourth-order valence-corrected chi connectivity index (χ4v) is 5.33. The zero-order valence-electron chi connectivity index (χ0n) is 25.6. The van der Waals surface area contributed by atoms with E-state index in [0.717, 1.165) is 18.2 Å². The molecule has 0 radical (unpaired) electrons. The van der Waals surface area contributed by atoms with Gasteiger partial charge in [0.2, 0.25) is 11.2 Å². The van der Waals surface area contributed by atoms with E-state index in [1.807, 2.05) is 18.2 Å². The summed E-state index contributed by atoms with van der Waals surface area (Å²) in [6.07, 6.45) is 0. The van der Waals surface area contributed by atoms with Gasteiger partial charge >= 0.3 is 31.3 Å². The summed E-state index contributed by atoms with van der Waals surface area (Å²) in [6, 6.07) is 22.4. The predicted molar refractivity (Wildman–Crippen MR) is 167 cm³/mol. The van der Waals surface area contributed by atoms with E-state index in [1.165, 1.54) is 18.2 Å². The fraction of sp³-hybridized carbons (Fsp3) is 0.156. The van der Waals surface area contributed by atoms with Gasteiger partial charge in [0.15, 0.2) is 23.0 Å². The molecule has 0 aliphatic heterocycles. The molecule has 0 atom stereocenters. The Morgan fingerprint density at radius 2 is 1.18 bits per heavy atom. The molecular formula is C32H22F6O11S2. The highest BCUT2D eigenvalue weighted by Gasteiger charge is 2.50. The van der Waals surface area contributed by atoms with E-state index in [2.05, 4.69) is 8.37 Å². The van der Waals surface area contributed by atoms with Crippen molar-refractivity contribution in [1.82, 2.24) is 0 Å². The van der Waals surface area contributed by atoms with Crippen LogP contribution in [0.4, 0.5) is 26.3 Å². The first-order valence-corrected chi connectivity index (χ1v) is 16.9. The van der Waals surface area contributed by atoms with E-state index >= 15 is 0 Å². The molecule has 0 saturated carbocycles. The molecule has 0 saturated heterocycles. The van der Waals surface area contributed by atoms with Crippen molar-refractivity contribution in [3.8, 4) is 40.1 Å². The number of hydrogen-bond donors (Lipinski definition) is 0. The topological polar surface area (TPSA) is 145 Å². The van der Waals surface area contributed by atoms with Crippen LogP contribution in [0, 0.1) is 0 Å². The van der Waals surface area contributed by atoms with E-state index in [4.69, 9.17) is 18.6 Å². The highest BCUT2D eigenvalue weighted by Crippen LogP contribution is 2.41. The van der Waals surface area contributed by atoms with Crippen molar-refractivity contribution in [2.75, 3.05) is 7.11 Å². The molecule has 0 N–H and O–H groups in total. The molecule has 11 nitrogen and oxygen atoms in total. The lowest BCUT2D eigenvalue weighted by molar-refractivity contribution is -0.0502. The van der Waals surface area contributed by atoms with Gasteiger partial charge in [-0.05, 0) is 29.3 Å². The summed E-state index contributed by atoms with van der Waals surface area (Å²) in [5.74, 6) is -3.90. The second kappa shape index (κ2) is 14.1. The van der Waals surface area contributed by atoms with Gasteiger partial charge in [0.25, 0.3) is 0 Å². The average molecular weight is 761 g/mol. The minimum atomic E-state index is -6.57. The van der Waals surface area contributed by atoms with E-state index in [0.29, 0.717) is 6.07 Å². The minimum Gasteiger partial charge on any atom is -0.490 e. The quantitative estimate of drug-likeness (QED) is 0.0731. The minimum absolute atomic E-state index is 0.0133. The number of ether oxygens (including phenoxy) is 3. The van der Waals surface area contributed by atoms with Crippen LogP contribution in [0.1, 0.15) is 11.1 Å². The SMILES string of the molecule is COc1c(-c2ccc(OCc3ccccc3)c(OCc3ccccc3)c2)oc2cc(OS(=O)(=O)C(F)(F)F)cc(OS(=O)(=O)C(F)(F)F)c2c1=O. The first kappa shape index (κ1) is 36.8. The van der Waals surface area contributed by atoms with E-state index < -0.39 is 70.7 Å². The summed E-state index contributed by atoms with van der Waals surface area (Å²) in [4.78, 5) is 13.7. The number of halogens is 6. The number of benzene rings is 4. The standard InChI is InChI=1S/C32H22F6O11S2/c1-44-30-28(39)27-25(15-22(48-50(40,41)31(33,34)35)16-26(27)49-51(42,43)32(36,37)38)47-29(30)21-12-13-23(45-17-19-8-4-2-5-9-19)24(14-21)46-18-20-10-6-3-7-11-20/h2-16H,17-18H2,1H3. The Balaban J connectivity index is 1.68. The zero-order valence-corrected chi connectivity index (χ0v) is 27.3. The molecule has 5 rings (SSSR count). The number of rotatable bonds is 12. The average Bonchev–Trinajstić information content (AvgIpc) is 3.06. The van der Waals surface area contributed by atoms with Crippen LogP contribution in [0.3, 0.4) is 0 Å². The third-order valence-corrected chi connectivity index (χ3v) is 8.69. The van der Waals surface area contributed by atoms with Crippen molar-refractivity contribution < 1.29 is 70.2 Å². The third kappa shape index (κ3) is 8.15. The van der Waals surface area contributed by atoms with Gasteiger partial charge < -0.3 is 27.0 Å². The fourth-order valence-electron chi connectivity index (χ4n) is 4.42. The van der Waals surface area contributed by atoms with Crippen LogP contribution in [0.2, 0.25) is 0 Å². The third-order valence-electron chi connectivity index (χ3n) is 6.75. The van der Waals surface area contributed by atoms with Gasteiger partial charge in [-0.1, -0.05) is 60.7 Å². The monoisotopic (exact) mass is 760 g/mol. The van der Waals surface area contributed by atoms with Gasteiger partial charge in [-0.15, -0.1) is 0 Å². The molecule has 0 amide bonds. The van der Waals surface area contributed by atoms with Crippen LogP contribution in [0.5, 0.6) is 28.7 Å². The van der Waals surface area contributed by atoms with Gasteiger partial charge in [0, 0.05) is 17.7 Å². The smallest absolute Gasteiger partial charge is 0.490 e. The maximum absolute atomic E-state index is 13.7. The van der Waals surface area contributed by atoms with Crippen molar-refractivity contribution >= 4 is 31.2 Å². The lowest BCUT2D eigenvalue weighted by Crippen LogP contribution is -2.29. The Bertz CT molecular complexity index is 2330. The second-order valence-electron chi connectivity index (χ2n) is 10.3. The van der Waals surface area contributed by atoms with E-state index in [1.54, 1.807) is 42.5 Å². The summed E-state index contributed by atoms with van der Waals surface area (Å²) >= 11 is 0. The molecule has 4 aromatic carbocycles. The van der Waals surface area contributed by atoms with Crippen LogP contribution in [-0.2, 0) is 33.5 Å². The Hall–Kier alpha value is -5.43. The van der Waals surface area contributed by atoms with E-state index in [-0.39, 0.29) is 36.3 Å². The lowest BCUT2D eigenvalue weighted by Gasteiger charge is -2.17. The number of alkyl halides is 6. The van der Waals surface area contributed by atoms with Gasteiger partial charge in [-0.25, -0.2) is 0 Å². The summed E-state index contributed by atoms with van der Waals surface area (Å²) in [5, 5.41) is -1.08. The molecule has 0 bridgehead atoms. The molecule has 0 unspecified atom stereocenters. The van der Waals surface area contributed by atoms with Crippen molar-refractivity contribution in [2.45, 2.75) is 24.2 Å². The van der Waals surface area contributed by atoms with Gasteiger partial charge in [0.1, 0.15) is 29.9 Å². The van der Waals surface area contributed by atoms with Crippen LogP contribution in [0.25, 0.3) is 22.3 Å². The lowest BCUT2D eigenvalue weighted by atomic mass is 10.1. The van der Waals surface area contributed by atoms with Crippen LogP contribution in [0.15, 0.2) is 100 Å². The van der Waals surface area contributed by atoms with Gasteiger partial charge in [-0.3, -0.25) is 4.79 Å². The molecule has 1 heterocycles. The van der Waals surface area contributed by atoms with E-state index in [9.17, 15) is 48.0 Å². The normalized spacial score (nSPS) is 12.4. The number of hydrogen-bond acceptors (Lipinski definition) is 11. The maximum atomic E-state index is 13.7. The second-order valence-corrected chi connectivity index (χ2v) is 13.3. The van der Waals surface area contributed by atoms with Crippen molar-refractivity contribution in [2.24, 2.45) is 0 Å². The predicted octanol–water partition coefficient (Wildman–Crippen LogP) is 7.08. The van der Waals surface area contributed by atoms with Crippen molar-refractivity contribution in [1.29, 1.82) is 0 Å². The molecule has 19 heteroatoms. The molecule has 51 heavy (non-hydrogen) atoms. The van der Waals surface area contributed by atoms with Crippen LogP contribution in [-0.4, -0.2) is 35.0 Å². The summed E-state index contributed by atoms with van der Waals surface area (Å²) < 4.78 is 157. The largest absolute Gasteiger partial charge is 0.534 e. The Kier molecular flexibility index (Phi) is 10.2. The van der Waals surface area contributed by atoms with Crippen LogP contribution < -0.4 is 28.0 Å². The molecule has 5 aromatic rings. The molecule has 0 aliphatic rings. The Labute approximate surface area is 284 Å². The van der Waals surface area contributed by atoms with Crippen LogP contribution >= 0.6 is 0 Å². The molecule has 270 valence electrons. The molecule has 0 fully saturated rings. The molecular weight excluding hydrogens is 738 g/mol. The molecule has 1 aromatic heterocycles.